The van der Waals surface area contributed by atoms with Crippen molar-refractivity contribution in [2.75, 3.05) is 13.6 Å². The highest BCUT2D eigenvalue weighted by Gasteiger charge is 2.37. The van der Waals surface area contributed by atoms with E-state index in [4.69, 9.17) is 4.42 Å². The van der Waals surface area contributed by atoms with Crippen molar-refractivity contribution < 1.29 is 19.1 Å². The minimum atomic E-state index is -0.896. The summed E-state index contributed by atoms with van der Waals surface area (Å²) >= 11 is 0. The molecule has 3 rings (SSSR count). The van der Waals surface area contributed by atoms with Gasteiger partial charge < -0.3 is 14.4 Å². The lowest BCUT2D eigenvalue weighted by atomic mass is 10.2. The standard InChI is InChI=1S/C19H24N2O4/c1-12(17-10-14-6-4-5-7-16(14)25-17)20(3)18(22)11-21(15-8-9-15)13(2)19(23)24/h4-7,10,12-13,15H,8-9,11H2,1-3H3,(H,23,24). The van der Waals surface area contributed by atoms with Gasteiger partial charge in [0.25, 0.3) is 0 Å². The van der Waals surface area contributed by atoms with Gasteiger partial charge in [-0.25, -0.2) is 0 Å². The predicted octanol–water partition coefficient (Wildman–Crippen LogP) is 2.89. The van der Waals surface area contributed by atoms with Gasteiger partial charge in [-0.1, -0.05) is 18.2 Å². The summed E-state index contributed by atoms with van der Waals surface area (Å²) < 4.78 is 5.85. The third kappa shape index (κ3) is 3.69. The molecule has 1 saturated carbocycles. The smallest absolute Gasteiger partial charge is 0.320 e. The third-order valence-electron chi connectivity index (χ3n) is 5.02. The van der Waals surface area contributed by atoms with Gasteiger partial charge in [-0.05, 0) is 38.8 Å². The van der Waals surface area contributed by atoms with E-state index in [0.717, 1.165) is 29.6 Å². The number of benzene rings is 1. The number of carboxylic acid groups (broad SMARTS) is 1. The Hall–Kier alpha value is -2.34. The molecule has 1 aromatic heterocycles. The number of carbonyl (C=O) groups is 2. The van der Waals surface area contributed by atoms with E-state index in [1.54, 1.807) is 23.8 Å². The zero-order chi connectivity index (χ0) is 18.1. The van der Waals surface area contributed by atoms with Gasteiger partial charge in [-0.3, -0.25) is 14.5 Å². The van der Waals surface area contributed by atoms with Crippen LogP contribution in [0.4, 0.5) is 0 Å². The SMILES string of the molecule is CC(c1cc2ccccc2o1)N(C)C(=O)CN(C1CC1)C(C)C(=O)O. The second-order valence-electron chi connectivity index (χ2n) is 6.78. The van der Waals surface area contributed by atoms with Gasteiger partial charge in [0.15, 0.2) is 0 Å². The Morgan fingerprint density at radius 2 is 1.96 bits per heavy atom. The number of amides is 1. The molecule has 1 heterocycles. The second kappa shape index (κ2) is 6.88. The number of carbonyl (C=O) groups excluding carboxylic acids is 1. The molecule has 1 aromatic carbocycles. The van der Waals surface area contributed by atoms with Crippen LogP contribution in [0.3, 0.4) is 0 Å². The van der Waals surface area contributed by atoms with E-state index >= 15 is 0 Å². The topological polar surface area (TPSA) is 74.0 Å². The maximum atomic E-state index is 12.7. The highest BCUT2D eigenvalue weighted by molar-refractivity contribution is 5.81. The molecule has 1 N–H and O–H groups in total. The normalized spacial score (nSPS) is 16.8. The van der Waals surface area contributed by atoms with Crippen molar-refractivity contribution in [3.8, 4) is 0 Å². The lowest BCUT2D eigenvalue weighted by Gasteiger charge is -2.30. The Bertz CT molecular complexity index is 748. The summed E-state index contributed by atoms with van der Waals surface area (Å²) in [6, 6.07) is 8.99. The quantitative estimate of drug-likeness (QED) is 0.836. The third-order valence-corrected chi connectivity index (χ3v) is 5.02. The highest BCUT2D eigenvalue weighted by Crippen LogP contribution is 2.30. The van der Waals surface area contributed by atoms with E-state index in [-0.39, 0.29) is 24.5 Å². The molecule has 0 spiro atoms. The summed E-state index contributed by atoms with van der Waals surface area (Å²) in [7, 11) is 1.73. The molecule has 2 aromatic rings. The molecule has 6 heteroatoms. The first kappa shape index (κ1) is 17.5. The van der Waals surface area contributed by atoms with Crippen molar-refractivity contribution in [1.29, 1.82) is 0 Å². The molecule has 134 valence electrons. The fraction of sp³-hybridized carbons (Fsp3) is 0.474. The molecule has 6 nitrogen and oxygen atoms in total. The lowest BCUT2D eigenvalue weighted by molar-refractivity contribution is -0.144. The van der Waals surface area contributed by atoms with Crippen LogP contribution in [-0.4, -0.2) is 52.5 Å². The van der Waals surface area contributed by atoms with Crippen LogP contribution in [0.15, 0.2) is 34.7 Å². The van der Waals surface area contributed by atoms with Gasteiger partial charge in [0, 0.05) is 18.5 Å². The zero-order valence-corrected chi connectivity index (χ0v) is 14.8. The van der Waals surface area contributed by atoms with Gasteiger partial charge in [0.1, 0.15) is 17.4 Å². The van der Waals surface area contributed by atoms with E-state index in [1.807, 2.05) is 37.3 Å². The summed E-state index contributed by atoms with van der Waals surface area (Å²) in [5.41, 5.74) is 0.796. The molecule has 1 aliphatic rings. The average Bonchev–Trinajstić information content (AvgIpc) is 3.34. The Morgan fingerprint density at radius 1 is 1.28 bits per heavy atom. The summed E-state index contributed by atoms with van der Waals surface area (Å²) in [6.45, 7) is 3.66. The Kier molecular flexibility index (Phi) is 4.81. The van der Waals surface area contributed by atoms with E-state index in [9.17, 15) is 14.7 Å². The lowest BCUT2D eigenvalue weighted by Crippen LogP contribution is -2.47. The van der Waals surface area contributed by atoms with Crippen molar-refractivity contribution >= 4 is 22.8 Å². The Morgan fingerprint density at radius 3 is 2.56 bits per heavy atom. The van der Waals surface area contributed by atoms with Crippen LogP contribution in [0.1, 0.15) is 38.5 Å². The molecule has 0 radical (unpaired) electrons. The van der Waals surface area contributed by atoms with Gasteiger partial charge in [-0.15, -0.1) is 0 Å². The zero-order valence-electron chi connectivity index (χ0n) is 14.8. The molecule has 25 heavy (non-hydrogen) atoms. The molecule has 0 bridgehead atoms. The van der Waals surface area contributed by atoms with Crippen molar-refractivity contribution in [1.82, 2.24) is 9.80 Å². The summed E-state index contributed by atoms with van der Waals surface area (Å²) in [5, 5.41) is 10.3. The van der Waals surface area contributed by atoms with E-state index < -0.39 is 12.0 Å². The van der Waals surface area contributed by atoms with Crippen LogP contribution in [0, 0.1) is 0 Å². The fourth-order valence-corrected chi connectivity index (χ4v) is 3.01. The summed E-state index contributed by atoms with van der Waals surface area (Å²) in [4.78, 5) is 27.4. The van der Waals surface area contributed by atoms with Crippen molar-refractivity contribution in [2.45, 2.75) is 44.8 Å². The average molecular weight is 344 g/mol. The number of carboxylic acids is 1. The predicted molar refractivity (Wildman–Crippen MR) is 94.2 cm³/mol. The van der Waals surface area contributed by atoms with Crippen LogP contribution in [0.25, 0.3) is 11.0 Å². The maximum Gasteiger partial charge on any atom is 0.320 e. The van der Waals surface area contributed by atoms with E-state index in [2.05, 4.69) is 0 Å². The Balaban J connectivity index is 1.71. The van der Waals surface area contributed by atoms with Crippen LogP contribution in [0.5, 0.6) is 0 Å². The summed E-state index contributed by atoms with van der Waals surface area (Å²) in [6.07, 6.45) is 1.90. The van der Waals surface area contributed by atoms with E-state index in [0.29, 0.717) is 0 Å². The second-order valence-corrected chi connectivity index (χ2v) is 6.78. The van der Waals surface area contributed by atoms with Gasteiger partial charge >= 0.3 is 5.97 Å². The molecule has 1 amide bonds. The molecular formula is C19H24N2O4. The number of hydrogen-bond acceptors (Lipinski definition) is 4. The number of para-hydroxylation sites is 1. The highest BCUT2D eigenvalue weighted by atomic mass is 16.4. The van der Waals surface area contributed by atoms with Crippen LogP contribution < -0.4 is 0 Å². The fourth-order valence-electron chi connectivity index (χ4n) is 3.01. The number of fused-ring (bicyclic) bond motifs is 1. The molecule has 1 aliphatic carbocycles. The number of aliphatic carboxylic acids is 1. The number of nitrogens with zero attached hydrogens (tertiary/aromatic N) is 2. The number of likely N-dealkylation sites (N-methyl/N-ethyl adjacent to an activating group) is 1. The van der Waals surface area contributed by atoms with Crippen molar-refractivity contribution in [3.63, 3.8) is 0 Å². The summed E-state index contributed by atoms with van der Waals surface area (Å²) in [5.74, 6) is -0.276. The first-order valence-electron chi connectivity index (χ1n) is 8.61. The van der Waals surface area contributed by atoms with Crippen LogP contribution in [0.2, 0.25) is 0 Å². The molecular weight excluding hydrogens is 320 g/mol. The number of furan rings is 1. The molecule has 0 aliphatic heterocycles. The van der Waals surface area contributed by atoms with Crippen LogP contribution >= 0.6 is 0 Å². The first-order chi connectivity index (χ1) is 11.9. The van der Waals surface area contributed by atoms with Crippen molar-refractivity contribution in [3.05, 3.63) is 36.1 Å². The molecule has 2 unspecified atom stereocenters. The minimum absolute atomic E-state index is 0.104. The number of hydrogen-bond donors (Lipinski definition) is 1. The van der Waals surface area contributed by atoms with Gasteiger partial charge in [0.05, 0.1) is 12.6 Å². The van der Waals surface area contributed by atoms with Crippen molar-refractivity contribution in [2.24, 2.45) is 0 Å². The maximum absolute atomic E-state index is 12.7. The Labute approximate surface area is 147 Å². The minimum Gasteiger partial charge on any atom is -0.480 e. The largest absolute Gasteiger partial charge is 0.480 e. The van der Waals surface area contributed by atoms with Crippen LogP contribution in [-0.2, 0) is 9.59 Å². The first-order valence-corrected chi connectivity index (χ1v) is 8.61. The van der Waals surface area contributed by atoms with E-state index in [1.165, 1.54) is 0 Å². The molecule has 2 atom stereocenters. The van der Waals surface area contributed by atoms with Gasteiger partial charge in [-0.2, -0.15) is 0 Å². The monoisotopic (exact) mass is 344 g/mol. The molecule has 0 saturated heterocycles. The molecule has 1 fully saturated rings. The number of rotatable bonds is 7. The van der Waals surface area contributed by atoms with Gasteiger partial charge in [0.2, 0.25) is 5.91 Å².